The van der Waals surface area contributed by atoms with Crippen LogP contribution >= 0.6 is 11.6 Å². The maximum Gasteiger partial charge on any atom is 0.453 e. The van der Waals surface area contributed by atoms with Crippen molar-refractivity contribution in [2.24, 2.45) is 11.5 Å². The lowest BCUT2D eigenvalue weighted by molar-refractivity contribution is -0.231. The molecule has 6 N–H and O–H groups in total. The zero-order valence-corrected chi connectivity index (χ0v) is 28.1. The normalized spacial score (nSPS) is 15.4. The highest BCUT2D eigenvalue weighted by atomic mass is 35.5. The van der Waals surface area contributed by atoms with Gasteiger partial charge in [-0.15, -0.1) is 0 Å². The van der Waals surface area contributed by atoms with E-state index in [1.54, 1.807) is 70.2 Å². The monoisotopic (exact) mass is 673 g/mol. The van der Waals surface area contributed by atoms with Crippen LogP contribution in [0.4, 0.5) is 0 Å². The molecule has 0 saturated heterocycles. The van der Waals surface area contributed by atoms with Crippen LogP contribution in [-0.4, -0.2) is 58.4 Å². The van der Waals surface area contributed by atoms with Crippen molar-refractivity contribution >= 4 is 41.1 Å². The van der Waals surface area contributed by atoms with Crippen LogP contribution in [0, 0.1) is 0 Å². The highest BCUT2D eigenvalue weighted by molar-refractivity contribution is 6.30. The molecule has 2 amide bonds. The van der Waals surface area contributed by atoms with E-state index < -0.39 is 46.8 Å². The Bertz CT molecular complexity index is 1440. The Hall–Kier alpha value is -4.13. The summed E-state index contributed by atoms with van der Waals surface area (Å²) in [6.07, 6.45) is 0.891. The van der Waals surface area contributed by atoms with Gasteiger partial charge in [-0.3, -0.25) is 9.59 Å². The number of benzene rings is 2. The second kappa shape index (κ2) is 15.6. The SMILES string of the molecule is CCC(CC)(OC(=O)C1(C(=O)OC(CC)(CC)C(N)=O)OC=C(c2cccc(C[C@@H](C)NCC(O)c3cccc(Cl)c3)c2)O1)C(N)=O. The van der Waals surface area contributed by atoms with Crippen molar-refractivity contribution in [3.63, 3.8) is 0 Å². The van der Waals surface area contributed by atoms with Gasteiger partial charge in [0.15, 0.2) is 17.0 Å². The third-order valence-electron chi connectivity index (χ3n) is 8.53. The predicted molar refractivity (Wildman–Crippen MR) is 174 cm³/mol. The Balaban J connectivity index is 1.85. The summed E-state index contributed by atoms with van der Waals surface area (Å²) in [4.78, 5) is 52.2. The summed E-state index contributed by atoms with van der Waals surface area (Å²) >= 11 is 6.04. The second-order valence-corrected chi connectivity index (χ2v) is 11.9. The van der Waals surface area contributed by atoms with Crippen molar-refractivity contribution < 1.29 is 43.2 Å². The Labute approximate surface area is 279 Å². The average Bonchev–Trinajstić information content (AvgIpc) is 3.52. The second-order valence-electron chi connectivity index (χ2n) is 11.5. The number of rotatable bonds is 17. The van der Waals surface area contributed by atoms with Gasteiger partial charge in [-0.05, 0) is 68.4 Å². The molecule has 1 unspecified atom stereocenters. The van der Waals surface area contributed by atoms with Crippen molar-refractivity contribution in [1.29, 1.82) is 0 Å². The first-order valence-electron chi connectivity index (χ1n) is 15.6. The molecule has 2 aromatic rings. The average molecular weight is 674 g/mol. The molecule has 0 bridgehead atoms. The fourth-order valence-electron chi connectivity index (χ4n) is 5.23. The van der Waals surface area contributed by atoms with Crippen LogP contribution in [0.25, 0.3) is 5.76 Å². The van der Waals surface area contributed by atoms with Gasteiger partial charge in [-0.1, -0.05) is 69.6 Å². The molecule has 0 aliphatic carbocycles. The Morgan fingerprint density at radius 3 is 1.98 bits per heavy atom. The number of aliphatic hydroxyl groups excluding tert-OH is 1. The van der Waals surface area contributed by atoms with E-state index in [-0.39, 0.29) is 37.5 Å². The number of hydrogen-bond acceptors (Lipinski definition) is 10. The van der Waals surface area contributed by atoms with Gasteiger partial charge < -0.3 is 40.8 Å². The quantitative estimate of drug-likeness (QED) is 0.142. The molecule has 0 saturated carbocycles. The number of aliphatic hydroxyl groups is 1. The first-order chi connectivity index (χ1) is 22.2. The van der Waals surface area contributed by atoms with Gasteiger partial charge in [0.25, 0.3) is 11.8 Å². The minimum absolute atomic E-state index is 0.00640. The summed E-state index contributed by atoms with van der Waals surface area (Å²) in [5.41, 5.74) is 9.64. The number of hydrogen-bond donors (Lipinski definition) is 4. The van der Waals surface area contributed by atoms with Gasteiger partial charge in [0, 0.05) is 23.2 Å². The molecule has 0 fully saturated rings. The number of carbonyl (C=O) groups is 4. The van der Waals surface area contributed by atoms with Gasteiger partial charge in [0.2, 0.25) is 0 Å². The van der Waals surface area contributed by atoms with Crippen LogP contribution in [0.2, 0.25) is 5.02 Å². The molecular formula is C34H44ClN3O9. The van der Waals surface area contributed by atoms with Crippen molar-refractivity contribution in [1.82, 2.24) is 5.32 Å². The standard InChI is InChI=1S/C34H44ClN3O9/c1-6-32(7-2,28(36)40)46-30(42)34(31(43)47-33(8-3,9-4)29(37)41)44-20-27(45-34)24-14-10-12-22(17-24)16-21(5)38-19-26(39)23-13-11-15-25(35)18-23/h10-15,17-18,20-21,26,38-39H,6-9,16,19H2,1-5H3,(H2,36,40)(H2,37,41)/t21-,26?/m1/s1. The molecule has 2 aromatic carbocycles. The minimum atomic E-state index is -2.85. The van der Waals surface area contributed by atoms with Gasteiger partial charge in [0.05, 0.1) is 6.10 Å². The van der Waals surface area contributed by atoms with Crippen molar-refractivity contribution in [2.75, 3.05) is 6.54 Å². The highest BCUT2D eigenvalue weighted by Crippen LogP contribution is 2.38. The molecule has 47 heavy (non-hydrogen) atoms. The minimum Gasteiger partial charge on any atom is -0.443 e. The molecule has 256 valence electrons. The first-order valence-corrected chi connectivity index (χ1v) is 16.0. The van der Waals surface area contributed by atoms with Crippen LogP contribution in [0.15, 0.2) is 54.8 Å². The third kappa shape index (κ3) is 8.24. The number of nitrogens with two attached hydrogens (primary N) is 2. The molecule has 2 atom stereocenters. The Morgan fingerprint density at radius 2 is 1.47 bits per heavy atom. The van der Waals surface area contributed by atoms with Crippen molar-refractivity contribution in [2.45, 2.75) is 95.9 Å². The van der Waals surface area contributed by atoms with E-state index in [0.29, 0.717) is 29.1 Å². The largest absolute Gasteiger partial charge is 0.453 e. The first kappa shape index (κ1) is 37.3. The molecule has 1 aliphatic rings. The van der Waals surface area contributed by atoms with E-state index in [4.69, 9.17) is 42.0 Å². The van der Waals surface area contributed by atoms with Crippen LogP contribution in [-0.2, 0) is 44.5 Å². The molecule has 0 radical (unpaired) electrons. The van der Waals surface area contributed by atoms with E-state index in [9.17, 15) is 24.3 Å². The van der Waals surface area contributed by atoms with Gasteiger partial charge in [-0.25, -0.2) is 9.59 Å². The van der Waals surface area contributed by atoms with Crippen LogP contribution in [0.5, 0.6) is 0 Å². The molecule has 0 spiro atoms. The van der Waals surface area contributed by atoms with Crippen molar-refractivity contribution in [3.05, 3.63) is 76.5 Å². The number of primary amides is 2. The third-order valence-corrected chi connectivity index (χ3v) is 8.76. The molecule has 3 rings (SSSR count). The molecule has 12 nitrogen and oxygen atoms in total. The highest BCUT2D eigenvalue weighted by Gasteiger charge is 2.62. The summed E-state index contributed by atoms with van der Waals surface area (Å²) in [5, 5.41) is 14.4. The summed E-state index contributed by atoms with van der Waals surface area (Å²) < 4.78 is 22.6. The zero-order valence-electron chi connectivity index (χ0n) is 27.3. The van der Waals surface area contributed by atoms with E-state index in [1.807, 2.05) is 13.0 Å². The molecular weight excluding hydrogens is 630 g/mol. The molecule has 0 aromatic heterocycles. The van der Waals surface area contributed by atoms with Crippen molar-refractivity contribution in [3.8, 4) is 0 Å². The van der Waals surface area contributed by atoms with E-state index in [1.165, 1.54) is 0 Å². The van der Waals surface area contributed by atoms with Gasteiger partial charge >= 0.3 is 17.7 Å². The van der Waals surface area contributed by atoms with Crippen LogP contribution in [0.1, 0.15) is 83.1 Å². The molecule has 13 heteroatoms. The predicted octanol–water partition coefficient (Wildman–Crippen LogP) is 3.81. The fraction of sp³-hybridized carbons (Fsp3) is 0.471. The number of amides is 2. The number of esters is 2. The Morgan fingerprint density at radius 1 is 0.915 bits per heavy atom. The van der Waals surface area contributed by atoms with E-state index in [0.717, 1.165) is 11.8 Å². The maximum absolute atomic E-state index is 13.7. The van der Waals surface area contributed by atoms with E-state index in [2.05, 4.69) is 5.32 Å². The topological polar surface area (TPSA) is 190 Å². The fourth-order valence-corrected chi connectivity index (χ4v) is 5.43. The van der Waals surface area contributed by atoms with Crippen LogP contribution in [0.3, 0.4) is 0 Å². The zero-order chi connectivity index (χ0) is 35.0. The van der Waals surface area contributed by atoms with E-state index >= 15 is 0 Å². The Kier molecular flexibility index (Phi) is 12.4. The summed E-state index contributed by atoms with van der Waals surface area (Å²) in [6.45, 7) is 8.63. The van der Waals surface area contributed by atoms with Gasteiger partial charge in [-0.2, -0.15) is 0 Å². The molecule has 1 aliphatic heterocycles. The van der Waals surface area contributed by atoms with Crippen LogP contribution < -0.4 is 16.8 Å². The molecule has 1 heterocycles. The lowest BCUT2D eigenvalue weighted by Crippen LogP contribution is -2.58. The summed E-state index contributed by atoms with van der Waals surface area (Å²) in [7, 11) is 0. The number of nitrogens with one attached hydrogen (secondary N) is 1. The summed E-state index contributed by atoms with van der Waals surface area (Å²) in [5.74, 6) is -7.47. The lowest BCUT2D eigenvalue weighted by Gasteiger charge is -2.34. The number of carbonyl (C=O) groups excluding carboxylic acids is 4. The smallest absolute Gasteiger partial charge is 0.443 e. The van der Waals surface area contributed by atoms with Gasteiger partial charge in [0.1, 0.15) is 6.26 Å². The number of halogens is 1. The lowest BCUT2D eigenvalue weighted by atomic mass is 9.95. The summed E-state index contributed by atoms with van der Waals surface area (Å²) in [6, 6.07) is 14.1. The number of ether oxygens (including phenoxy) is 4. The maximum atomic E-state index is 13.7.